The van der Waals surface area contributed by atoms with Crippen LogP contribution in [-0.4, -0.2) is 11.1 Å². The van der Waals surface area contributed by atoms with Crippen LogP contribution in [0.25, 0.3) is 21.5 Å². The second kappa shape index (κ2) is 6.40. The van der Waals surface area contributed by atoms with Crippen LogP contribution < -0.4 is 0 Å². The van der Waals surface area contributed by atoms with E-state index in [1.54, 1.807) is 0 Å². The Morgan fingerprint density at radius 1 is 0.857 bits per heavy atom. The smallest absolute Gasteiger partial charge is 0.164 e. The molecule has 0 aliphatic heterocycles. The average molecular weight is 341 g/mol. The van der Waals surface area contributed by atoms with Crippen LogP contribution in [0.15, 0.2) is 54.6 Å². The zero-order valence-corrected chi connectivity index (χ0v) is 13.4. The molecule has 2 heteroatoms. The first-order chi connectivity index (χ1) is 10.3. The molecule has 0 saturated carbocycles. The first-order valence-corrected chi connectivity index (χ1v) is 8.43. The highest BCUT2D eigenvalue weighted by molar-refractivity contribution is 9.09. The van der Waals surface area contributed by atoms with Crippen molar-refractivity contribution in [2.24, 2.45) is 0 Å². The van der Waals surface area contributed by atoms with Gasteiger partial charge >= 0.3 is 0 Å². The minimum Gasteiger partial charge on any atom is -0.294 e. The van der Waals surface area contributed by atoms with Gasteiger partial charge in [-0.1, -0.05) is 64.5 Å². The van der Waals surface area contributed by atoms with Crippen LogP contribution in [0.3, 0.4) is 0 Å². The third-order valence-corrected chi connectivity index (χ3v) is 4.40. The molecule has 3 aromatic rings. The molecule has 0 spiro atoms. The van der Waals surface area contributed by atoms with Gasteiger partial charge in [-0.3, -0.25) is 4.79 Å². The van der Waals surface area contributed by atoms with E-state index in [0.29, 0.717) is 6.42 Å². The highest BCUT2D eigenvalue weighted by Crippen LogP contribution is 2.29. The van der Waals surface area contributed by atoms with E-state index < -0.39 is 0 Å². The predicted molar refractivity (Wildman–Crippen MR) is 93.4 cm³/mol. The van der Waals surface area contributed by atoms with E-state index in [0.717, 1.165) is 45.3 Å². The van der Waals surface area contributed by atoms with Gasteiger partial charge in [-0.15, -0.1) is 0 Å². The molecule has 0 atom stereocenters. The minimum atomic E-state index is 0.254. The van der Waals surface area contributed by atoms with Gasteiger partial charge in [0, 0.05) is 17.3 Å². The predicted octanol–water partition coefficient (Wildman–Crippen LogP) is 5.74. The van der Waals surface area contributed by atoms with Crippen LogP contribution in [0.1, 0.15) is 29.6 Å². The standard InChI is InChI=1S/C19H17BrO/c20-12-6-5-11-18(21)19-16-9-3-1-7-14(16)13-15-8-2-4-10-17(15)19/h1-4,7-10,13H,5-6,11-12H2. The first-order valence-electron chi connectivity index (χ1n) is 7.31. The number of rotatable bonds is 5. The molecule has 0 amide bonds. The molecule has 0 saturated heterocycles. The van der Waals surface area contributed by atoms with Crippen LogP contribution in [0.4, 0.5) is 0 Å². The van der Waals surface area contributed by atoms with Crippen molar-refractivity contribution in [3.8, 4) is 0 Å². The largest absolute Gasteiger partial charge is 0.294 e. The van der Waals surface area contributed by atoms with Gasteiger partial charge in [0.2, 0.25) is 0 Å². The Morgan fingerprint density at radius 3 is 2.00 bits per heavy atom. The summed E-state index contributed by atoms with van der Waals surface area (Å²) in [5.41, 5.74) is 0.887. The summed E-state index contributed by atoms with van der Waals surface area (Å²) in [7, 11) is 0. The summed E-state index contributed by atoms with van der Waals surface area (Å²) in [6.07, 6.45) is 2.58. The Kier molecular flexibility index (Phi) is 4.35. The first kappa shape index (κ1) is 14.3. The van der Waals surface area contributed by atoms with E-state index in [9.17, 15) is 4.79 Å². The lowest BCUT2D eigenvalue weighted by atomic mass is 9.92. The number of benzene rings is 3. The highest BCUT2D eigenvalue weighted by atomic mass is 79.9. The number of unbranched alkanes of at least 4 members (excludes halogenated alkanes) is 1. The van der Waals surface area contributed by atoms with Crippen molar-refractivity contribution in [3.63, 3.8) is 0 Å². The topological polar surface area (TPSA) is 17.1 Å². The normalized spacial score (nSPS) is 11.1. The molecule has 3 aromatic carbocycles. The van der Waals surface area contributed by atoms with Crippen LogP contribution >= 0.6 is 15.9 Å². The third kappa shape index (κ3) is 2.86. The molecular weight excluding hydrogens is 324 g/mol. The van der Waals surface area contributed by atoms with Crippen LogP contribution in [-0.2, 0) is 0 Å². The summed E-state index contributed by atoms with van der Waals surface area (Å²) in [6, 6.07) is 18.5. The number of ketones is 1. The molecule has 106 valence electrons. The number of hydrogen-bond donors (Lipinski definition) is 0. The van der Waals surface area contributed by atoms with Gasteiger partial charge in [-0.05, 0) is 40.5 Å². The van der Waals surface area contributed by atoms with Gasteiger partial charge in [0.15, 0.2) is 5.78 Å². The summed E-state index contributed by atoms with van der Waals surface area (Å²) >= 11 is 3.42. The Morgan fingerprint density at radius 2 is 1.43 bits per heavy atom. The lowest BCUT2D eigenvalue weighted by molar-refractivity contribution is 0.0983. The second-order valence-corrected chi connectivity index (χ2v) is 6.06. The maximum Gasteiger partial charge on any atom is 0.164 e. The monoisotopic (exact) mass is 340 g/mol. The van der Waals surface area contributed by atoms with Crippen molar-refractivity contribution in [2.45, 2.75) is 19.3 Å². The summed E-state index contributed by atoms with van der Waals surface area (Å²) < 4.78 is 0. The molecule has 0 bridgehead atoms. The molecule has 1 nitrogen and oxygen atoms in total. The maximum atomic E-state index is 12.7. The lowest BCUT2D eigenvalue weighted by Gasteiger charge is -2.10. The number of carbonyl (C=O) groups excluding carboxylic acids is 1. The minimum absolute atomic E-state index is 0.254. The second-order valence-electron chi connectivity index (χ2n) is 5.26. The number of halogens is 1. The van der Waals surface area contributed by atoms with Gasteiger partial charge in [-0.25, -0.2) is 0 Å². The van der Waals surface area contributed by atoms with Crippen molar-refractivity contribution in [1.29, 1.82) is 0 Å². The molecule has 0 heterocycles. The Bertz CT molecular complexity index is 738. The summed E-state index contributed by atoms with van der Waals surface area (Å²) in [4.78, 5) is 12.7. The van der Waals surface area contributed by atoms with Gasteiger partial charge < -0.3 is 0 Å². The van der Waals surface area contributed by atoms with E-state index in [-0.39, 0.29) is 5.78 Å². The Labute approximate surface area is 133 Å². The quantitative estimate of drug-likeness (QED) is 0.250. The van der Waals surface area contributed by atoms with Crippen molar-refractivity contribution < 1.29 is 4.79 Å². The Hall–Kier alpha value is -1.67. The molecule has 0 aliphatic rings. The molecular formula is C19H17BrO. The van der Waals surface area contributed by atoms with Crippen molar-refractivity contribution in [3.05, 3.63) is 60.2 Å². The SMILES string of the molecule is O=C(CCCCBr)c1c2ccccc2cc2ccccc12. The summed E-state index contributed by atoms with van der Waals surface area (Å²) in [6.45, 7) is 0. The molecule has 0 radical (unpaired) electrons. The van der Waals surface area contributed by atoms with E-state index in [1.165, 1.54) is 0 Å². The number of carbonyl (C=O) groups is 1. The van der Waals surface area contributed by atoms with Crippen LogP contribution in [0.5, 0.6) is 0 Å². The number of fused-ring (bicyclic) bond motifs is 2. The molecule has 0 aromatic heterocycles. The number of alkyl halides is 1. The number of hydrogen-bond acceptors (Lipinski definition) is 1. The van der Waals surface area contributed by atoms with Crippen LogP contribution in [0, 0.1) is 0 Å². The number of Topliss-reactive ketones (excluding diaryl/α,β-unsaturated/α-hetero) is 1. The highest BCUT2D eigenvalue weighted by Gasteiger charge is 2.14. The van der Waals surface area contributed by atoms with Crippen LogP contribution in [0.2, 0.25) is 0 Å². The molecule has 0 unspecified atom stereocenters. The fourth-order valence-electron chi connectivity index (χ4n) is 2.82. The van der Waals surface area contributed by atoms with Gasteiger partial charge in [0.25, 0.3) is 0 Å². The average Bonchev–Trinajstić information content (AvgIpc) is 2.52. The fourth-order valence-corrected chi connectivity index (χ4v) is 3.22. The van der Waals surface area contributed by atoms with Gasteiger partial charge in [0.05, 0.1) is 0 Å². The summed E-state index contributed by atoms with van der Waals surface area (Å²) in [5, 5.41) is 5.37. The van der Waals surface area contributed by atoms with Crippen molar-refractivity contribution in [2.75, 3.05) is 5.33 Å². The summed E-state index contributed by atoms with van der Waals surface area (Å²) in [5.74, 6) is 0.254. The zero-order chi connectivity index (χ0) is 14.7. The lowest BCUT2D eigenvalue weighted by Crippen LogP contribution is -2.01. The van der Waals surface area contributed by atoms with E-state index in [1.807, 2.05) is 24.3 Å². The van der Waals surface area contributed by atoms with E-state index in [4.69, 9.17) is 0 Å². The molecule has 0 fully saturated rings. The van der Waals surface area contributed by atoms with E-state index in [2.05, 4.69) is 46.3 Å². The van der Waals surface area contributed by atoms with Gasteiger partial charge in [-0.2, -0.15) is 0 Å². The van der Waals surface area contributed by atoms with Crippen molar-refractivity contribution >= 4 is 43.3 Å². The molecule has 21 heavy (non-hydrogen) atoms. The third-order valence-electron chi connectivity index (χ3n) is 3.84. The van der Waals surface area contributed by atoms with Gasteiger partial charge in [0.1, 0.15) is 0 Å². The Balaban J connectivity index is 2.18. The fraction of sp³-hybridized carbons (Fsp3) is 0.211. The van der Waals surface area contributed by atoms with Crippen molar-refractivity contribution in [1.82, 2.24) is 0 Å². The molecule has 3 rings (SSSR count). The molecule has 0 aliphatic carbocycles. The maximum absolute atomic E-state index is 12.7. The molecule has 0 N–H and O–H groups in total. The zero-order valence-electron chi connectivity index (χ0n) is 11.8. The van der Waals surface area contributed by atoms with E-state index >= 15 is 0 Å².